The summed E-state index contributed by atoms with van der Waals surface area (Å²) < 4.78 is 26.2. The monoisotopic (exact) mass is 491 g/mol. The number of anilines is 1. The van der Waals surface area contributed by atoms with Gasteiger partial charge in [0.25, 0.3) is 5.91 Å². The molecule has 0 unspecified atom stereocenters. The van der Waals surface area contributed by atoms with Crippen LogP contribution in [0.3, 0.4) is 0 Å². The number of esters is 2. The van der Waals surface area contributed by atoms with E-state index in [9.17, 15) is 14.4 Å². The number of amides is 1. The first-order valence-corrected chi connectivity index (χ1v) is 11.8. The van der Waals surface area contributed by atoms with Crippen LogP contribution in [0.25, 0.3) is 0 Å². The second-order valence-corrected chi connectivity index (χ2v) is 8.51. The Kier molecular flexibility index (Phi) is 8.75. The number of thiophene rings is 1. The Balaban J connectivity index is 1.54. The zero-order valence-corrected chi connectivity index (χ0v) is 20.5. The number of rotatable bonds is 12. The van der Waals surface area contributed by atoms with Crippen molar-refractivity contribution in [2.24, 2.45) is 0 Å². The molecule has 0 aliphatic heterocycles. The summed E-state index contributed by atoms with van der Waals surface area (Å²) >= 11 is 1.27. The third kappa shape index (κ3) is 6.19. The van der Waals surface area contributed by atoms with Crippen molar-refractivity contribution in [1.29, 1.82) is 0 Å². The van der Waals surface area contributed by atoms with Crippen LogP contribution in [0.1, 0.15) is 53.6 Å². The number of methoxy groups -OCH3 is 3. The third-order valence-electron chi connectivity index (χ3n) is 5.28. The van der Waals surface area contributed by atoms with Gasteiger partial charge in [0.2, 0.25) is 5.75 Å². The summed E-state index contributed by atoms with van der Waals surface area (Å²) in [5, 5.41) is 4.97. The molecule has 1 aromatic carbocycles. The number of aryl methyl sites for hydroxylation is 1. The van der Waals surface area contributed by atoms with Crippen molar-refractivity contribution in [2.75, 3.05) is 39.9 Å². The first kappa shape index (κ1) is 25.4. The zero-order valence-electron chi connectivity index (χ0n) is 19.7. The van der Waals surface area contributed by atoms with Crippen molar-refractivity contribution in [3.05, 3.63) is 34.2 Å². The van der Waals surface area contributed by atoms with Gasteiger partial charge in [0.1, 0.15) is 5.00 Å². The molecular weight excluding hydrogens is 462 g/mol. The minimum absolute atomic E-state index is 0.0603. The summed E-state index contributed by atoms with van der Waals surface area (Å²) in [6, 6.07) is 3.51. The second kappa shape index (κ2) is 11.7. The molecule has 1 fully saturated rings. The zero-order chi connectivity index (χ0) is 24.7. The number of hydrogen-bond acceptors (Lipinski definition) is 9. The molecule has 0 spiro atoms. The van der Waals surface area contributed by atoms with E-state index in [4.69, 9.17) is 23.7 Å². The van der Waals surface area contributed by atoms with Crippen molar-refractivity contribution >= 4 is 34.2 Å². The summed E-state index contributed by atoms with van der Waals surface area (Å²) in [7, 11) is 4.55. The fourth-order valence-electron chi connectivity index (χ4n) is 3.48. The van der Waals surface area contributed by atoms with E-state index in [0.717, 1.165) is 24.0 Å². The van der Waals surface area contributed by atoms with Gasteiger partial charge in [-0.25, -0.2) is 4.79 Å². The predicted octanol–water partition coefficient (Wildman–Crippen LogP) is 3.94. The molecule has 0 atom stereocenters. The lowest BCUT2D eigenvalue weighted by Gasteiger charge is -2.14. The number of nitrogens with one attached hydrogen (secondary N) is 1. The summed E-state index contributed by atoms with van der Waals surface area (Å²) in [6.45, 7) is 1.53. The Bertz CT molecular complexity index is 1020. The average Bonchev–Trinajstić information content (AvgIpc) is 3.60. The molecule has 9 nitrogen and oxygen atoms in total. The molecule has 1 heterocycles. The number of ether oxygens (including phenoxy) is 5. The maximum absolute atomic E-state index is 12.4. The molecule has 0 bridgehead atoms. The van der Waals surface area contributed by atoms with Gasteiger partial charge in [-0.15, -0.1) is 11.3 Å². The van der Waals surface area contributed by atoms with Gasteiger partial charge in [0.15, 0.2) is 18.1 Å². The molecule has 10 heteroatoms. The molecule has 1 aromatic heterocycles. The van der Waals surface area contributed by atoms with Crippen molar-refractivity contribution in [3.63, 3.8) is 0 Å². The van der Waals surface area contributed by atoms with Gasteiger partial charge in [0, 0.05) is 6.42 Å². The lowest BCUT2D eigenvalue weighted by atomic mass is 10.1. The SMILES string of the molecule is CCOC(=O)c1c(C2CC2)csc1NC(=O)COC(=O)CCc1cc(OC)c(OC)c(OC)c1. The highest BCUT2D eigenvalue weighted by Crippen LogP contribution is 2.46. The molecule has 2 aromatic rings. The van der Waals surface area contributed by atoms with Crippen molar-refractivity contribution in [1.82, 2.24) is 0 Å². The Morgan fingerprint density at radius 1 is 1.03 bits per heavy atom. The second-order valence-electron chi connectivity index (χ2n) is 7.63. The molecule has 3 rings (SSSR count). The van der Waals surface area contributed by atoms with Crippen LogP contribution in [-0.4, -0.2) is 52.4 Å². The van der Waals surface area contributed by atoms with Crippen LogP contribution in [0.2, 0.25) is 0 Å². The van der Waals surface area contributed by atoms with E-state index in [-0.39, 0.29) is 13.0 Å². The highest BCUT2D eigenvalue weighted by molar-refractivity contribution is 7.15. The Labute approximate surface area is 202 Å². The smallest absolute Gasteiger partial charge is 0.341 e. The van der Waals surface area contributed by atoms with E-state index < -0.39 is 24.5 Å². The Morgan fingerprint density at radius 2 is 1.71 bits per heavy atom. The normalized spacial score (nSPS) is 12.6. The molecule has 1 N–H and O–H groups in total. The fraction of sp³-hybridized carbons (Fsp3) is 0.458. The largest absolute Gasteiger partial charge is 0.493 e. The minimum atomic E-state index is -0.528. The molecule has 0 radical (unpaired) electrons. The van der Waals surface area contributed by atoms with Gasteiger partial charge >= 0.3 is 11.9 Å². The van der Waals surface area contributed by atoms with Gasteiger partial charge in [0.05, 0.1) is 33.5 Å². The van der Waals surface area contributed by atoms with Crippen LogP contribution < -0.4 is 19.5 Å². The summed E-state index contributed by atoms with van der Waals surface area (Å²) in [5.41, 5.74) is 2.10. The summed E-state index contributed by atoms with van der Waals surface area (Å²) in [5.74, 6) is 0.272. The summed E-state index contributed by atoms with van der Waals surface area (Å²) in [6.07, 6.45) is 2.45. The van der Waals surface area contributed by atoms with Crippen LogP contribution >= 0.6 is 11.3 Å². The van der Waals surface area contributed by atoms with Crippen LogP contribution in [0.15, 0.2) is 17.5 Å². The average molecular weight is 492 g/mol. The molecule has 1 aliphatic rings. The fourth-order valence-corrected chi connectivity index (χ4v) is 4.53. The predicted molar refractivity (Wildman–Crippen MR) is 126 cm³/mol. The van der Waals surface area contributed by atoms with Crippen LogP contribution in [0.4, 0.5) is 5.00 Å². The maximum Gasteiger partial charge on any atom is 0.341 e. The number of benzene rings is 1. The van der Waals surface area contributed by atoms with Crippen molar-refractivity contribution in [2.45, 2.75) is 38.5 Å². The molecule has 1 saturated carbocycles. The summed E-state index contributed by atoms with van der Waals surface area (Å²) in [4.78, 5) is 37.0. The van der Waals surface area contributed by atoms with Crippen molar-refractivity contribution < 1.29 is 38.1 Å². The van der Waals surface area contributed by atoms with Gasteiger partial charge < -0.3 is 29.0 Å². The van der Waals surface area contributed by atoms with Gasteiger partial charge in [-0.05, 0) is 60.7 Å². The molecule has 1 aliphatic carbocycles. The van der Waals surface area contributed by atoms with E-state index in [1.165, 1.54) is 32.7 Å². The lowest BCUT2D eigenvalue weighted by molar-refractivity contribution is -0.147. The Morgan fingerprint density at radius 3 is 2.26 bits per heavy atom. The van der Waals surface area contributed by atoms with Crippen LogP contribution in [0, 0.1) is 0 Å². The first-order valence-electron chi connectivity index (χ1n) is 10.9. The number of hydrogen-bond donors (Lipinski definition) is 1. The number of carbonyl (C=O) groups is 3. The highest BCUT2D eigenvalue weighted by atomic mass is 32.1. The third-order valence-corrected chi connectivity index (χ3v) is 6.19. The first-order chi connectivity index (χ1) is 16.4. The molecule has 0 saturated heterocycles. The van der Waals surface area contributed by atoms with Gasteiger partial charge in [-0.1, -0.05) is 0 Å². The van der Waals surface area contributed by atoms with Crippen LogP contribution in [-0.2, 0) is 25.5 Å². The molecule has 34 heavy (non-hydrogen) atoms. The van der Waals surface area contributed by atoms with E-state index in [2.05, 4.69) is 5.32 Å². The van der Waals surface area contributed by atoms with E-state index in [0.29, 0.717) is 40.2 Å². The molecule has 184 valence electrons. The molecule has 1 amide bonds. The van der Waals surface area contributed by atoms with Crippen molar-refractivity contribution in [3.8, 4) is 17.2 Å². The standard InChI is InChI=1S/C24H29NO8S/c1-5-32-24(28)21-16(15-7-8-15)13-34-23(21)25-19(26)12-33-20(27)9-6-14-10-17(29-2)22(31-4)18(11-14)30-3/h10-11,13,15H,5-9,12H2,1-4H3,(H,25,26). The Hall–Kier alpha value is -3.27. The topological polar surface area (TPSA) is 109 Å². The van der Waals surface area contributed by atoms with Crippen LogP contribution in [0.5, 0.6) is 17.2 Å². The van der Waals surface area contributed by atoms with E-state index >= 15 is 0 Å². The quantitative estimate of drug-likeness (QED) is 0.445. The van der Waals surface area contributed by atoms with E-state index in [1.54, 1.807) is 19.1 Å². The molecular formula is C24H29NO8S. The maximum atomic E-state index is 12.4. The minimum Gasteiger partial charge on any atom is -0.493 e. The van der Waals surface area contributed by atoms with Gasteiger partial charge in [-0.3, -0.25) is 9.59 Å². The van der Waals surface area contributed by atoms with Gasteiger partial charge in [-0.2, -0.15) is 0 Å². The van der Waals surface area contributed by atoms with E-state index in [1.807, 2.05) is 5.38 Å². The number of carbonyl (C=O) groups excluding carboxylic acids is 3. The highest BCUT2D eigenvalue weighted by Gasteiger charge is 2.32. The lowest BCUT2D eigenvalue weighted by Crippen LogP contribution is -2.22.